The van der Waals surface area contributed by atoms with E-state index in [1.165, 1.54) is 0 Å². The molecule has 0 amide bonds. The van der Waals surface area contributed by atoms with E-state index in [4.69, 9.17) is 11.5 Å². The Morgan fingerprint density at radius 2 is 2.00 bits per heavy atom. The van der Waals surface area contributed by atoms with Crippen LogP contribution in [0.2, 0.25) is 0 Å². The van der Waals surface area contributed by atoms with Gasteiger partial charge in [-0.15, -0.1) is 0 Å². The third-order valence-electron chi connectivity index (χ3n) is 0.715. The van der Waals surface area contributed by atoms with Crippen LogP contribution < -0.4 is 17.2 Å². The van der Waals surface area contributed by atoms with Gasteiger partial charge in [0.05, 0.1) is 12.2 Å². The van der Waals surface area contributed by atoms with Gasteiger partial charge in [0.2, 0.25) is 0 Å². The van der Waals surface area contributed by atoms with E-state index >= 15 is 0 Å². The Bertz CT molecular complexity index is 45.4. The third kappa shape index (κ3) is 5.88. The molecule has 0 saturated heterocycles. The Morgan fingerprint density at radius 1 is 1.57 bits per heavy atom. The second-order valence-electron chi connectivity index (χ2n) is 2.11. The molecular weight excluding hydrogens is 90.1 g/mol. The van der Waals surface area contributed by atoms with E-state index in [-0.39, 0.29) is 0 Å². The van der Waals surface area contributed by atoms with Gasteiger partial charge in [-0.3, -0.25) is 0 Å². The van der Waals surface area contributed by atoms with Gasteiger partial charge in [0.1, 0.15) is 0 Å². The molecule has 0 radical (unpaired) electrons. The molecule has 0 spiro atoms. The molecule has 0 aliphatic heterocycles. The maximum absolute atomic E-state index is 5.38. The van der Waals surface area contributed by atoms with Gasteiger partial charge in [-0.25, -0.2) is 0 Å². The second-order valence-corrected chi connectivity index (χ2v) is 2.11. The van der Waals surface area contributed by atoms with Crippen molar-refractivity contribution in [3.63, 3.8) is 0 Å². The van der Waals surface area contributed by atoms with E-state index in [1.54, 1.807) is 6.92 Å². The number of hydrogen-bond acceptors (Lipinski definition) is 2. The zero-order valence-corrected chi connectivity index (χ0v) is 4.78. The van der Waals surface area contributed by atoms with Gasteiger partial charge in [0, 0.05) is 6.42 Å². The zero-order chi connectivity index (χ0) is 5.91. The van der Waals surface area contributed by atoms with Crippen LogP contribution in [0.25, 0.3) is 0 Å². The summed E-state index contributed by atoms with van der Waals surface area (Å²) in [6.45, 7) is 2.60. The molecule has 0 aromatic heterocycles. The fourth-order valence-electron chi connectivity index (χ4n) is 0.381. The normalized spacial score (nSPS) is 12.0. The van der Waals surface area contributed by atoms with Gasteiger partial charge in [-0.05, 0) is 6.92 Å². The van der Waals surface area contributed by atoms with E-state index in [0.717, 1.165) is 13.0 Å². The summed E-state index contributed by atoms with van der Waals surface area (Å²) in [6, 6.07) is 0. The van der Waals surface area contributed by atoms with Crippen LogP contribution in [0.4, 0.5) is 0 Å². The van der Waals surface area contributed by atoms with Crippen molar-refractivity contribution in [1.82, 2.24) is 0 Å². The van der Waals surface area contributed by atoms with Crippen molar-refractivity contribution in [1.29, 1.82) is 0 Å². The monoisotopic (exact) mass is 104 g/mol. The Hall–Kier alpha value is -0.120. The summed E-state index contributed by atoms with van der Waals surface area (Å²) >= 11 is 0. The van der Waals surface area contributed by atoms with Crippen molar-refractivity contribution in [3.8, 4) is 0 Å². The number of rotatable bonds is 2. The highest BCUT2D eigenvalue weighted by Gasteiger charge is 2.08. The second kappa shape index (κ2) is 2.26. The van der Waals surface area contributed by atoms with Crippen molar-refractivity contribution < 1.29 is 5.73 Å². The highest BCUT2D eigenvalue weighted by molar-refractivity contribution is 4.67. The zero-order valence-electron chi connectivity index (χ0n) is 4.78. The topological polar surface area (TPSA) is 79.7 Å². The van der Waals surface area contributed by atoms with Crippen molar-refractivity contribution in [3.05, 3.63) is 0 Å². The molecule has 0 heterocycles. The quantitative estimate of drug-likeness (QED) is 0.363. The van der Waals surface area contributed by atoms with Crippen LogP contribution in [-0.2, 0) is 0 Å². The average Bonchev–Trinajstić information content (AvgIpc) is 1.30. The molecule has 7 N–H and O–H groups in total. The molecule has 3 nitrogen and oxygen atoms in total. The summed E-state index contributed by atoms with van der Waals surface area (Å²) in [5, 5.41) is 0. The lowest BCUT2D eigenvalue weighted by atomic mass is 10.1. The van der Waals surface area contributed by atoms with Gasteiger partial charge in [-0.1, -0.05) is 0 Å². The summed E-state index contributed by atoms with van der Waals surface area (Å²) < 4.78 is 0. The minimum absolute atomic E-state index is 0.512. The Kier molecular flexibility index (Phi) is 2.22. The first-order valence-electron chi connectivity index (χ1n) is 2.43. The lowest BCUT2D eigenvalue weighted by molar-refractivity contribution is -0.370. The first-order valence-corrected chi connectivity index (χ1v) is 2.43. The molecule has 44 valence electrons. The minimum Gasteiger partial charge on any atom is -0.357 e. The third-order valence-corrected chi connectivity index (χ3v) is 0.715. The molecule has 0 bridgehead atoms. The van der Waals surface area contributed by atoms with Crippen LogP contribution in [0.3, 0.4) is 0 Å². The largest absolute Gasteiger partial charge is 0.357 e. The predicted molar refractivity (Wildman–Crippen MR) is 29.2 cm³/mol. The molecule has 0 saturated carbocycles. The minimum atomic E-state index is -0.512. The first-order chi connectivity index (χ1) is 3.06. The van der Waals surface area contributed by atoms with E-state index in [9.17, 15) is 0 Å². The fraction of sp³-hybridized carbons (Fsp3) is 1.00. The van der Waals surface area contributed by atoms with Gasteiger partial charge in [-0.2, -0.15) is 0 Å². The summed E-state index contributed by atoms with van der Waals surface area (Å²) in [4.78, 5) is 0. The molecule has 0 aromatic carbocycles. The van der Waals surface area contributed by atoms with E-state index < -0.39 is 5.66 Å². The molecule has 0 aliphatic rings. The van der Waals surface area contributed by atoms with Crippen LogP contribution >= 0.6 is 0 Å². The SMILES string of the molecule is CC(N)(N)CC[NH3+]. The van der Waals surface area contributed by atoms with Crippen molar-refractivity contribution in [2.24, 2.45) is 11.5 Å². The number of quaternary nitrogens is 1. The highest BCUT2D eigenvalue weighted by Crippen LogP contribution is 1.89. The van der Waals surface area contributed by atoms with Gasteiger partial charge < -0.3 is 17.2 Å². The van der Waals surface area contributed by atoms with Crippen LogP contribution in [0.1, 0.15) is 13.3 Å². The van der Waals surface area contributed by atoms with Gasteiger partial charge in [0.15, 0.2) is 0 Å². The maximum Gasteiger partial charge on any atom is 0.0770 e. The molecule has 0 fully saturated rings. The number of hydrogen-bond donors (Lipinski definition) is 3. The summed E-state index contributed by atoms with van der Waals surface area (Å²) in [5.41, 5.74) is 13.9. The highest BCUT2D eigenvalue weighted by atomic mass is 14.9. The van der Waals surface area contributed by atoms with Crippen LogP contribution in [0.15, 0.2) is 0 Å². The van der Waals surface area contributed by atoms with Gasteiger partial charge >= 0.3 is 0 Å². The Balaban J connectivity index is 3.15. The molecule has 7 heavy (non-hydrogen) atoms. The van der Waals surface area contributed by atoms with Crippen LogP contribution in [0.5, 0.6) is 0 Å². The molecule has 0 atom stereocenters. The smallest absolute Gasteiger partial charge is 0.0770 e. The van der Waals surface area contributed by atoms with Crippen LogP contribution in [0, 0.1) is 0 Å². The maximum atomic E-state index is 5.38. The predicted octanol–water partition coefficient (Wildman–Crippen LogP) is -1.75. The summed E-state index contributed by atoms with van der Waals surface area (Å²) in [5.74, 6) is 0. The lowest BCUT2D eigenvalue weighted by Gasteiger charge is -2.14. The van der Waals surface area contributed by atoms with Crippen molar-refractivity contribution in [2.45, 2.75) is 19.0 Å². The van der Waals surface area contributed by atoms with E-state index in [0.29, 0.717) is 0 Å². The molecule has 0 aliphatic carbocycles. The molecule has 0 rings (SSSR count). The Morgan fingerprint density at radius 3 is 2.00 bits per heavy atom. The molecule has 0 aromatic rings. The summed E-state index contributed by atoms with van der Waals surface area (Å²) in [7, 11) is 0. The number of nitrogens with two attached hydrogens (primary N) is 2. The van der Waals surface area contributed by atoms with Gasteiger partial charge in [0.25, 0.3) is 0 Å². The molecular formula is C4H14N3+. The summed E-state index contributed by atoms with van der Waals surface area (Å²) in [6.07, 6.45) is 0.785. The van der Waals surface area contributed by atoms with Crippen molar-refractivity contribution in [2.75, 3.05) is 6.54 Å². The Labute approximate surface area is 43.9 Å². The van der Waals surface area contributed by atoms with Crippen molar-refractivity contribution >= 4 is 0 Å². The average molecular weight is 104 g/mol. The molecule has 3 heteroatoms. The van der Waals surface area contributed by atoms with Crippen LogP contribution in [-0.4, -0.2) is 12.2 Å². The standard InChI is InChI=1S/C4H13N3/c1-4(6,7)2-3-5/h2-3,5-7H2,1H3/p+1. The lowest BCUT2D eigenvalue weighted by Crippen LogP contribution is -2.57. The fourth-order valence-corrected chi connectivity index (χ4v) is 0.381. The van der Waals surface area contributed by atoms with E-state index in [2.05, 4.69) is 5.73 Å². The van der Waals surface area contributed by atoms with E-state index in [1.807, 2.05) is 0 Å². The molecule has 0 unspecified atom stereocenters. The first kappa shape index (κ1) is 6.88.